The fourth-order valence-corrected chi connectivity index (χ4v) is 5.92. The fourth-order valence-electron chi connectivity index (χ4n) is 5.02. The predicted molar refractivity (Wildman–Crippen MR) is 104 cm³/mol. The van der Waals surface area contributed by atoms with Gasteiger partial charge in [0.05, 0.1) is 24.5 Å². The predicted octanol–water partition coefficient (Wildman–Crippen LogP) is 1.85. The van der Waals surface area contributed by atoms with Crippen LogP contribution in [0.3, 0.4) is 0 Å². The molecular formula is C21H24N2O3S. The normalized spacial score (nSPS) is 34.4. The minimum atomic E-state index is -0.615. The van der Waals surface area contributed by atoms with Gasteiger partial charge in [-0.25, -0.2) is 0 Å². The maximum Gasteiger partial charge on any atom is 0.230 e. The summed E-state index contributed by atoms with van der Waals surface area (Å²) in [7, 11) is 0. The molecule has 0 saturated carbocycles. The second kappa shape index (κ2) is 6.38. The van der Waals surface area contributed by atoms with Gasteiger partial charge in [-0.05, 0) is 12.5 Å². The molecule has 3 saturated heterocycles. The number of hydrogen-bond donors (Lipinski definition) is 0. The van der Waals surface area contributed by atoms with E-state index in [4.69, 9.17) is 4.74 Å². The zero-order chi connectivity index (χ0) is 18.6. The highest BCUT2D eigenvalue weighted by atomic mass is 32.2. The highest BCUT2D eigenvalue weighted by Gasteiger charge is 2.67. The van der Waals surface area contributed by atoms with Gasteiger partial charge < -0.3 is 14.5 Å². The molecule has 1 spiro atoms. The van der Waals surface area contributed by atoms with E-state index in [2.05, 4.69) is 19.1 Å². The summed E-state index contributed by atoms with van der Waals surface area (Å²) in [5.74, 6) is 1.37. The smallest absolute Gasteiger partial charge is 0.230 e. The third-order valence-corrected chi connectivity index (χ3v) is 7.19. The molecule has 1 aromatic carbocycles. The van der Waals surface area contributed by atoms with Crippen molar-refractivity contribution in [2.75, 3.05) is 31.1 Å². The van der Waals surface area contributed by atoms with E-state index >= 15 is 0 Å². The number of amides is 2. The first-order valence-corrected chi connectivity index (χ1v) is 10.8. The lowest BCUT2D eigenvalue weighted by atomic mass is 9.76. The van der Waals surface area contributed by atoms with Gasteiger partial charge in [0.15, 0.2) is 0 Å². The molecule has 2 bridgehead atoms. The minimum absolute atomic E-state index is 0.0630. The van der Waals surface area contributed by atoms with Crippen molar-refractivity contribution >= 4 is 23.6 Å². The number of carbonyl (C=O) groups excluding carboxylic acids is 2. The molecule has 3 fully saturated rings. The third-order valence-electron chi connectivity index (χ3n) is 6.24. The molecule has 27 heavy (non-hydrogen) atoms. The second-order valence-electron chi connectivity index (χ2n) is 8.02. The van der Waals surface area contributed by atoms with Crippen LogP contribution in [0, 0.1) is 18.8 Å². The number of carbonyl (C=O) groups is 2. The number of rotatable bonds is 3. The van der Waals surface area contributed by atoms with Gasteiger partial charge in [-0.1, -0.05) is 42.0 Å². The Balaban J connectivity index is 1.39. The molecule has 5 rings (SSSR count). The monoisotopic (exact) mass is 384 g/mol. The van der Waals surface area contributed by atoms with Crippen LogP contribution in [0.25, 0.3) is 0 Å². The second-order valence-corrected chi connectivity index (χ2v) is 9.25. The number of aryl methyl sites for hydroxylation is 1. The maximum atomic E-state index is 13.3. The average Bonchev–Trinajstić information content (AvgIpc) is 3.30. The first-order valence-electron chi connectivity index (χ1n) is 9.65. The number of fused-ring (bicyclic) bond motifs is 1. The molecule has 0 aromatic heterocycles. The summed E-state index contributed by atoms with van der Waals surface area (Å²) < 4.78 is 6.24. The van der Waals surface area contributed by atoms with Crippen molar-refractivity contribution in [3.63, 3.8) is 0 Å². The summed E-state index contributed by atoms with van der Waals surface area (Å²) in [6.45, 7) is 4.72. The van der Waals surface area contributed by atoms with Gasteiger partial charge in [-0.15, -0.1) is 0 Å². The molecular weight excluding hydrogens is 360 g/mol. The molecule has 4 aliphatic rings. The van der Waals surface area contributed by atoms with Crippen LogP contribution in [0.5, 0.6) is 0 Å². The van der Waals surface area contributed by atoms with Crippen LogP contribution >= 0.6 is 11.8 Å². The summed E-state index contributed by atoms with van der Waals surface area (Å²) in [6.07, 6.45) is 3.79. The van der Waals surface area contributed by atoms with Crippen molar-refractivity contribution in [1.29, 1.82) is 0 Å². The Morgan fingerprint density at radius 2 is 2.15 bits per heavy atom. The van der Waals surface area contributed by atoms with E-state index in [1.54, 1.807) is 0 Å². The zero-order valence-electron chi connectivity index (χ0n) is 15.5. The van der Waals surface area contributed by atoms with Crippen LogP contribution < -0.4 is 0 Å². The Kier molecular flexibility index (Phi) is 4.09. The van der Waals surface area contributed by atoms with Crippen LogP contribution in [-0.2, 0) is 20.9 Å². The van der Waals surface area contributed by atoms with Crippen LogP contribution in [0.4, 0.5) is 0 Å². The Hall–Kier alpha value is -1.79. The van der Waals surface area contributed by atoms with Crippen LogP contribution in [0.2, 0.25) is 0 Å². The quantitative estimate of drug-likeness (QED) is 0.747. The van der Waals surface area contributed by atoms with Gasteiger partial charge in [0.2, 0.25) is 11.8 Å². The molecule has 0 unspecified atom stereocenters. The first kappa shape index (κ1) is 17.3. The summed E-state index contributed by atoms with van der Waals surface area (Å²) >= 11 is 1.88. The lowest BCUT2D eigenvalue weighted by Crippen LogP contribution is -2.48. The van der Waals surface area contributed by atoms with E-state index in [0.29, 0.717) is 13.1 Å². The van der Waals surface area contributed by atoms with E-state index in [1.807, 2.05) is 45.8 Å². The number of ether oxygens (including phenoxy) is 1. The van der Waals surface area contributed by atoms with E-state index in [-0.39, 0.29) is 29.8 Å². The third kappa shape index (κ3) is 2.72. The van der Waals surface area contributed by atoms with Gasteiger partial charge >= 0.3 is 0 Å². The van der Waals surface area contributed by atoms with E-state index in [9.17, 15) is 9.59 Å². The molecule has 4 atom stereocenters. The van der Waals surface area contributed by atoms with Crippen molar-refractivity contribution in [3.05, 3.63) is 47.5 Å². The number of likely N-dealkylation sites (tertiary alicyclic amines) is 1. The van der Waals surface area contributed by atoms with Crippen molar-refractivity contribution < 1.29 is 14.3 Å². The molecule has 2 amide bonds. The Morgan fingerprint density at radius 3 is 2.93 bits per heavy atom. The lowest BCUT2D eigenvalue weighted by molar-refractivity contribution is -0.143. The molecule has 0 radical (unpaired) electrons. The average molecular weight is 385 g/mol. The van der Waals surface area contributed by atoms with Crippen LogP contribution in [-0.4, -0.2) is 64.5 Å². The van der Waals surface area contributed by atoms with Crippen molar-refractivity contribution in [1.82, 2.24) is 9.80 Å². The number of benzene rings is 1. The molecule has 4 heterocycles. The largest absolute Gasteiger partial charge is 0.360 e. The molecule has 0 N–H and O–H groups in total. The van der Waals surface area contributed by atoms with Crippen molar-refractivity contribution in [2.45, 2.75) is 25.2 Å². The first-order chi connectivity index (χ1) is 13.1. The Morgan fingerprint density at radius 1 is 1.33 bits per heavy atom. The number of nitrogens with zero attached hydrogens (tertiary/aromatic N) is 2. The molecule has 5 nitrogen and oxygen atoms in total. The molecule has 0 aliphatic carbocycles. The lowest BCUT2D eigenvalue weighted by Gasteiger charge is -2.32. The highest BCUT2D eigenvalue weighted by Crippen LogP contribution is 2.52. The molecule has 6 heteroatoms. The summed E-state index contributed by atoms with van der Waals surface area (Å²) in [6, 6.07) is 8.24. The van der Waals surface area contributed by atoms with Gasteiger partial charge in [0, 0.05) is 31.1 Å². The number of thioether (sulfide) groups is 1. The maximum absolute atomic E-state index is 13.3. The van der Waals surface area contributed by atoms with E-state index < -0.39 is 5.60 Å². The van der Waals surface area contributed by atoms with Crippen LogP contribution in [0.1, 0.15) is 11.1 Å². The topological polar surface area (TPSA) is 49.9 Å². The summed E-state index contributed by atoms with van der Waals surface area (Å²) in [4.78, 5) is 30.3. The molecule has 1 aromatic rings. The highest BCUT2D eigenvalue weighted by molar-refractivity contribution is 7.99. The van der Waals surface area contributed by atoms with E-state index in [1.165, 1.54) is 5.56 Å². The fraction of sp³-hybridized carbons (Fsp3) is 0.524. The van der Waals surface area contributed by atoms with Gasteiger partial charge in [0.25, 0.3) is 0 Å². The summed E-state index contributed by atoms with van der Waals surface area (Å²) in [5, 5.41) is 0. The molecule has 4 aliphatic heterocycles. The van der Waals surface area contributed by atoms with Crippen molar-refractivity contribution in [2.24, 2.45) is 11.8 Å². The molecule has 142 valence electrons. The Bertz CT molecular complexity index is 819. The van der Waals surface area contributed by atoms with Gasteiger partial charge in [0.1, 0.15) is 5.60 Å². The van der Waals surface area contributed by atoms with Gasteiger partial charge in [-0.3, -0.25) is 9.59 Å². The van der Waals surface area contributed by atoms with Crippen molar-refractivity contribution in [3.8, 4) is 0 Å². The number of hydrogen-bond acceptors (Lipinski definition) is 4. The Labute approximate surface area is 163 Å². The standard InChI is InChI=1S/C21H24N2O3S/c1-14-3-2-4-15(11-14)12-23-13-21-6-5-16(26-21)17(18(21)20(23)25)19(24)22-7-9-27-10-8-22/h2-6,11,16-18H,7-10,12-13H2,1H3/t16-,17-,18+,21-/m0/s1. The van der Waals surface area contributed by atoms with E-state index in [0.717, 1.165) is 30.2 Å². The van der Waals surface area contributed by atoms with Gasteiger partial charge in [-0.2, -0.15) is 11.8 Å². The van der Waals surface area contributed by atoms with Crippen LogP contribution in [0.15, 0.2) is 36.4 Å². The SMILES string of the molecule is Cc1cccc(CN2C[C@]34C=C[C@H](O3)[C@H](C(=O)N3CCSCC3)[C@@H]4C2=O)c1. The zero-order valence-corrected chi connectivity index (χ0v) is 16.3. The summed E-state index contributed by atoms with van der Waals surface area (Å²) in [5.41, 5.74) is 1.69. The minimum Gasteiger partial charge on any atom is -0.360 e.